The average molecular weight is 305 g/mol. The van der Waals surface area contributed by atoms with Crippen LogP contribution < -0.4 is 10.4 Å². The van der Waals surface area contributed by atoms with Gasteiger partial charge in [-0.15, -0.1) is 0 Å². The highest BCUT2D eigenvalue weighted by Crippen LogP contribution is 2.37. The molecule has 2 heterocycles. The molecule has 0 bridgehead atoms. The minimum absolute atomic E-state index is 0.00951. The lowest BCUT2D eigenvalue weighted by Gasteiger charge is -2.32. The third-order valence-electron chi connectivity index (χ3n) is 4.69. The molecule has 0 saturated carbocycles. The average Bonchev–Trinajstić information content (AvgIpc) is 2.76. The van der Waals surface area contributed by atoms with Crippen molar-refractivity contribution in [3.8, 4) is 0 Å². The molecule has 3 rings (SSSR count). The number of rotatable bonds is 1. The maximum absolute atomic E-state index is 14.3. The Hall–Kier alpha value is -1.73. The third-order valence-corrected chi connectivity index (χ3v) is 4.69. The fraction of sp³-hybridized carbons (Fsp3) is 0.467. The van der Waals surface area contributed by atoms with E-state index in [1.54, 1.807) is 0 Å². The topological polar surface area (TPSA) is 55.8 Å². The Bertz CT molecular complexity index is 685. The first kappa shape index (κ1) is 15.2. The number of carbonyl (C=O) groups is 2. The third kappa shape index (κ3) is 1.92. The normalized spacial score (nSPS) is 22.5. The number of ketones is 1. The van der Waals surface area contributed by atoms with Gasteiger partial charge >= 0.3 is 7.12 Å². The fourth-order valence-corrected chi connectivity index (χ4v) is 2.62. The molecule has 2 aliphatic heterocycles. The van der Waals surface area contributed by atoms with Crippen LogP contribution in [0.2, 0.25) is 0 Å². The van der Waals surface area contributed by atoms with Crippen LogP contribution in [0, 0.1) is 5.82 Å². The van der Waals surface area contributed by atoms with Crippen molar-refractivity contribution in [2.75, 3.05) is 11.9 Å². The van der Waals surface area contributed by atoms with Crippen molar-refractivity contribution >= 4 is 30.0 Å². The van der Waals surface area contributed by atoms with Crippen LogP contribution in [-0.4, -0.2) is 37.1 Å². The summed E-state index contributed by atoms with van der Waals surface area (Å²) in [5.74, 6) is -2.08. The number of fused-ring (bicyclic) bond motifs is 1. The van der Waals surface area contributed by atoms with Crippen LogP contribution in [0.25, 0.3) is 0 Å². The largest absolute Gasteiger partial charge is 0.494 e. The summed E-state index contributed by atoms with van der Waals surface area (Å²) in [7, 11) is 0.600. The standard InChI is InChI=1S/C15H17BFNO4/c1-14(2)15(3,4)22-16(21-14)8-6-9-11(10(17)7-8)18(5)13(20)12(9)19/h6-7H,1-5H3. The van der Waals surface area contributed by atoms with Gasteiger partial charge in [0.15, 0.2) is 0 Å². The highest BCUT2D eigenvalue weighted by Gasteiger charge is 2.52. The van der Waals surface area contributed by atoms with Crippen LogP contribution in [0.4, 0.5) is 10.1 Å². The molecule has 1 aromatic rings. The van der Waals surface area contributed by atoms with Gasteiger partial charge in [0, 0.05) is 7.05 Å². The highest BCUT2D eigenvalue weighted by atomic mass is 19.1. The zero-order valence-corrected chi connectivity index (χ0v) is 13.2. The van der Waals surface area contributed by atoms with Gasteiger partial charge in [0.05, 0.1) is 22.5 Å². The van der Waals surface area contributed by atoms with Gasteiger partial charge in [0.2, 0.25) is 0 Å². The van der Waals surface area contributed by atoms with Crippen LogP contribution in [0.1, 0.15) is 38.1 Å². The van der Waals surface area contributed by atoms with Crippen LogP contribution in [-0.2, 0) is 14.1 Å². The van der Waals surface area contributed by atoms with Gasteiger partial charge in [0.25, 0.3) is 11.7 Å². The second-order valence-electron chi connectivity index (χ2n) is 6.68. The molecule has 7 heteroatoms. The van der Waals surface area contributed by atoms with Crippen molar-refractivity contribution in [3.63, 3.8) is 0 Å². The summed E-state index contributed by atoms with van der Waals surface area (Å²) in [4.78, 5) is 24.7. The number of halogens is 1. The van der Waals surface area contributed by atoms with E-state index in [-0.39, 0.29) is 11.3 Å². The molecule has 1 amide bonds. The second kappa shape index (κ2) is 4.39. The number of carbonyl (C=O) groups excluding carboxylic acids is 2. The van der Waals surface area contributed by atoms with E-state index < -0.39 is 35.8 Å². The van der Waals surface area contributed by atoms with Crippen molar-refractivity contribution in [2.24, 2.45) is 0 Å². The predicted molar refractivity (Wildman–Crippen MR) is 79.9 cm³/mol. The lowest BCUT2D eigenvalue weighted by atomic mass is 9.78. The molecule has 1 saturated heterocycles. The zero-order chi connectivity index (χ0) is 16.4. The molecule has 0 unspecified atom stereocenters. The molecule has 1 fully saturated rings. The van der Waals surface area contributed by atoms with E-state index in [1.807, 2.05) is 27.7 Å². The monoisotopic (exact) mass is 305 g/mol. The Morgan fingerprint density at radius 1 is 1.09 bits per heavy atom. The molecule has 5 nitrogen and oxygen atoms in total. The molecule has 0 radical (unpaired) electrons. The molecular weight excluding hydrogens is 288 g/mol. The molecule has 22 heavy (non-hydrogen) atoms. The first-order chi connectivity index (χ1) is 10.0. The van der Waals surface area contributed by atoms with E-state index in [1.165, 1.54) is 19.2 Å². The molecule has 0 spiro atoms. The molecule has 1 aromatic carbocycles. The second-order valence-corrected chi connectivity index (χ2v) is 6.68. The summed E-state index contributed by atoms with van der Waals surface area (Å²) in [5, 5.41) is 0. The first-order valence-corrected chi connectivity index (χ1v) is 7.06. The van der Waals surface area contributed by atoms with Crippen LogP contribution in [0.3, 0.4) is 0 Å². The van der Waals surface area contributed by atoms with Gasteiger partial charge in [-0.05, 0) is 45.3 Å². The molecular formula is C15H17BFNO4. The van der Waals surface area contributed by atoms with E-state index in [9.17, 15) is 14.0 Å². The van der Waals surface area contributed by atoms with Crippen LogP contribution in [0.5, 0.6) is 0 Å². The molecule has 116 valence electrons. The maximum atomic E-state index is 14.3. The quantitative estimate of drug-likeness (QED) is 0.579. The van der Waals surface area contributed by atoms with Gasteiger partial charge < -0.3 is 14.2 Å². The van der Waals surface area contributed by atoms with Crippen molar-refractivity contribution < 1.29 is 23.3 Å². The number of benzene rings is 1. The van der Waals surface area contributed by atoms with E-state index in [4.69, 9.17) is 9.31 Å². The van der Waals surface area contributed by atoms with Gasteiger partial charge in [-0.3, -0.25) is 9.59 Å². The lowest BCUT2D eigenvalue weighted by molar-refractivity contribution is -0.114. The molecule has 2 aliphatic rings. The van der Waals surface area contributed by atoms with Gasteiger partial charge in [0.1, 0.15) is 5.82 Å². The number of Topliss-reactive ketones (excluding diaryl/α,β-unsaturated/α-hetero) is 1. The number of amides is 1. The number of hydrogen-bond donors (Lipinski definition) is 0. The molecule has 0 N–H and O–H groups in total. The summed E-state index contributed by atoms with van der Waals surface area (Å²) < 4.78 is 26.0. The predicted octanol–water partition coefficient (Wildman–Crippen LogP) is 1.28. The van der Waals surface area contributed by atoms with Gasteiger partial charge in [-0.2, -0.15) is 0 Å². The molecule has 0 aromatic heterocycles. The van der Waals surface area contributed by atoms with E-state index in [0.29, 0.717) is 5.46 Å². The van der Waals surface area contributed by atoms with Crippen LogP contribution in [0.15, 0.2) is 12.1 Å². The lowest BCUT2D eigenvalue weighted by Crippen LogP contribution is -2.41. The zero-order valence-electron chi connectivity index (χ0n) is 13.2. The fourth-order valence-electron chi connectivity index (χ4n) is 2.62. The van der Waals surface area contributed by atoms with Gasteiger partial charge in [-0.25, -0.2) is 4.39 Å². The summed E-state index contributed by atoms with van der Waals surface area (Å²) in [5.41, 5.74) is -0.674. The van der Waals surface area contributed by atoms with Crippen molar-refractivity contribution in [1.29, 1.82) is 0 Å². The highest BCUT2D eigenvalue weighted by molar-refractivity contribution is 6.63. The summed E-state index contributed by atoms with van der Waals surface area (Å²) in [6.45, 7) is 7.55. The number of nitrogens with zero attached hydrogens (tertiary/aromatic N) is 1. The summed E-state index contributed by atoms with van der Waals surface area (Å²) >= 11 is 0. The smallest absolute Gasteiger partial charge is 0.399 e. The van der Waals surface area contributed by atoms with E-state index in [2.05, 4.69) is 0 Å². The Balaban J connectivity index is 2.05. The van der Waals surface area contributed by atoms with Crippen LogP contribution >= 0.6 is 0 Å². The summed E-state index contributed by atoms with van der Waals surface area (Å²) in [6.07, 6.45) is 0. The SMILES string of the molecule is CN1C(=O)C(=O)c2cc(B3OC(C)(C)C(C)(C)O3)cc(F)c21. The van der Waals surface area contributed by atoms with E-state index >= 15 is 0 Å². The minimum Gasteiger partial charge on any atom is -0.399 e. The molecule has 0 atom stereocenters. The summed E-state index contributed by atoms with van der Waals surface area (Å²) in [6, 6.07) is 2.73. The van der Waals surface area contributed by atoms with Crippen molar-refractivity contribution in [3.05, 3.63) is 23.5 Å². The van der Waals surface area contributed by atoms with Crippen molar-refractivity contribution in [1.82, 2.24) is 0 Å². The Kier molecular flexibility index (Phi) is 3.03. The first-order valence-electron chi connectivity index (χ1n) is 7.06. The maximum Gasteiger partial charge on any atom is 0.494 e. The Morgan fingerprint density at radius 3 is 2.18 bits per heavy atom. The number of anilines is 1. The number of hydrogen-bond acceptors (Lipinski definition) is 4. The molecule has 0 aliphatic carbocycles. The van der Waals surface area contributed by atoms with Crippen molar-refractivity contribution in [2.45, 2.75) is 38.9 Å². The van der Waals surface area contributed by atoms with E-state index in [0.717, 1.165) is 4.90 Å². The Labute approximate surface area is 128 Å². The van der Waals surface area contributed by atoms with Gasteiger partial charge in [-0.1, -0.05) is 0 Å². The number of likely N-dealkylation sites (N-methyl/N-ethyl adjacent to an activating group) is 1. The Morgan fingerprint density at radius 2 is 1.64 bits per heavy atom. The minimum atomic E-state index is -0.779.